The van der Waals surface area contributed by atoms with Gasteiger partial charge in [0.15, 0.2) is 0 Å². The molecule has 0 radical (unpaired) electrons. The highest BCUT2D eigenvalue weighted by molar-refractivity contribution is 6.40. The zero-order valence-corrected chi connectivity index (χ0v) is 34.2. The van der Waals surface area contributed by atoms with Crippen molar-refractivity contribution in [2.24, 2.45) is 17.6 Å². The van der Waals surface area contributed by atoms with Crippen LogP contribution in [0.25, 0.3) is 10.9 Å². The predicted molar refractivity (Wildman–Crippen MR) is 220 cm³/mol. The second-order valence-corrected chi connectivity index (χ2v) is 16.9. The van der Waals surface area contributed by atoms with Crippen LogP contribution in [0, 0.1) is 11.8 Å². The van der Waals surface area contributed by atoms with E-state index in [4.69, 9.17) is 25.7 Å². The summed E-state index contributed by atoms with van der Waals surface area (Å²) in [5.74, 6) is -0.740. The van der Waals surface area contributed by atoms with Crippen molar-refractivity contribution in [3.63, 3.8) is 0 Å². The van der Waals surface area contributed by atoms with Crippen molar-refractivity contribution in [2.75, 3.05) is 30.7 Å². The lowest BCUT2D eigenvalue weighted by Crippen LogP contribution is -2.46. The lowest BCUT2D eigenvalue weighted by molar-refractivity contribution is -0.147. The van der Waals surface area contributed by atoms with Gasteiger partial charge in [-0.3, -0.25) is 19.2 Å². The summed E-state index contributed by atoms with van der Waals surface area (Å²) in [6.07, 6.45) is 17.6. The molecule has 60 heavy (non-hydrogen) atoms. The average Bonchev–Trinajstić information content (AvgIpc) is 4.20. The van der Waals surface area contributed by atoms with Gasteiger partial charge < -0.3 is 40.8 Å². The van der Waals surface area contributed by atoms with Crippen molar-refractivity contribution in [1.82, 2.24) is 34.5 Å². The number of anilines is 2. The number of nitrogens with two attached hydrogens (primary N) is 2. The van der Waals surface area contributed by atoms with E-state index in [-0.39, 0.29) is 36.4 Å². The number of rotatable bonds is 8. The van der Waals surface area contributed by atoms with E-state index in [0.717, 1.165) is 81.8 Å². The summed E-state index contributed by atoms with van der Waals surface area (Å²) in [5, 5.41) is 8.01. The number of aromatic nitrogens is 5. The van der Waals surface area contributed by atoms with Gasteiger partial charge in [0.25, 0.3) is 0 Å². The molecule has 1 unspecified atom stereocenters. The molecule has 5 fully saturated rings. The number of fused-ring (bicyclic) bond motifs is 1. The van der Waals surface area contributed by atoms with Crippen LogP contribution in [0.3, 0.4) is 0 Å². The van der Waals surface area contributed by atoms with Gasteiger partial charge in [0.05, 0.1) is 29.4 Å². The maximum absolute atomic E-state index is 13.5. The number of hydrogen-bond donors (Lipinski definition) is 3. The molecule has 3 saturated heterocycles. The maximum Gasteiger partial charge on any atom is 0.314 e. The van der Waals surface area contributed by atoms with E-state index in [1.54, 1.807) is 33.1 Å². The molecule has 9 rings (SSSR count). The number of nitrogen functional groups attached to an aromatic ring is 1. The second kappa shape index (κ2) is 17.8. The standard InChI is InChI=1S/C27H33N7O4.C16H21N3O3/c1-16-5-8-21(17-9-10-29-22(12-17)38-18-6-7-18)33(14-16)27(36)26(35)31-20-13-30-25(28)19-15-34(32-24(19)20)23-4-2-3-11-37-23;1-10-2-5-13(19(9-10)16(21)15(17)20)11-6-7-18-14(8-11)22-12-3-4-12/h9-10,12-13,15-16,18,21,23H,2-8,11,14H2,1H3,(H2,28,30)(H,31,35);6-8,10,12-13H,2-5,9H2,1H3,(H2,17,20)/t16-,21+,23?;10-,13+/m00/s1. The molecule has 0 aromatic carbocycles. The number of amides is 4. The van der Waals surface area contributed by atoms with E-state index in [1.807, 2.05) is 24.3 Å². The summed E-state index contributed by atoms with van der Waals surface area (Å²) in [6.45, 7) is 5.88. The largest absolute Gasteiger partial charge is 0.474 e. The molecule has 5 atom stereocenters. The maximum atomic E-state index is 13.5. The van der Waals surface area contributed by atoms with Crippen LogP contribution in [0.15, 0.2) is 49.1 Å². The fraction of sp³-hybridized carbons (Fsp3) is 0.535. The van der Waals surface area contributed by atoms with Gasteiger partial charge in [-0.15, -0.1) is 0 Å². The molecule has 5 aliphatic rings. The molecule has 318 valence electrons. The number of primary amides is 1. The minimum Gasteiger partial charge on any atom is -0.474 e. The van der Waals surface area contributed by atoms with Crippen molar-refractivity contribution in [3.8, 4) is 11.8 Å². The van der Waals surface area contributed by atoms with E-state index in [9.17, 15) is 19.2 Å². The van der Waals surface area contributed by atoms with Crippen LogP contribution < -0.4 is 26.3 Å². The molecule has 0 spiro atoms. The van der Waals surface area contributed by atoms with Gasteiger partial charge in [0.2, 0.25) is 11.8 Å². The van der Waals surface area contributed by atoms with Crippen molar-refractivity contribution >= 4 is 46.0 Å². The van der Waals surface area contributed by atoms with E-state index < -0.39 is 23.6 Å². The number of piperidine rings is 2. The fourth-order valence-electron chi connectivity index (χ4n) is 8.22. The summed E-state index contributed by atoms with van der Waals surface area (Å²) >= 11 is 0. The molecular weight excluding hydrogens is 769 g/mol. The van der Waals surface area contributed by atoms with Crippen LogP contribution in [-0.4, -0.2) is 90.1 Å². The van der Waals surface area contributed by atoms with Crippen molar-refractivity contribution in [3.05, 3.63) is 60.2 Å². The number of carbonyl (C=O) groups excluding carboxylic acids is 4. The highest BCUT2D eigenvalue weighted by Gasteiger charge is 2.36. The molecule has 3 aliphatic heterocycles. The normalized spacial score (nSPS) is 24.2. The first-order valence-electron chi connectivity index (χ1n) is 21.2. The van der Waals surface area contributed by atoms with Crippen molar-refractivity contribution in [2.45, 2.75) is 115 Å². The van der Waals surface area contributed by atoms with E-state index >= 15 is 0 Å². The Bertz CT molecular complexity index is 2220. The molecule has 17 nitrogen and oxygen atoms in total. The quantitative estimate of drug-likeness (QED) is 0.200. The minimum absolute atomic E-state index is 0.138. The lowest BCUT2D eigenvalue weighted by atomic mass is 9.90. The summed E-state index contributed by atoms with van der Waals surface area (Å²) in [4.78, 5) is 66.3. The smallest absolute Gasteiger partial charge is 0.314 e. The van der Waals surface area contributed by atoms with Crippen LogP contribution >= 0.6 is 0 Å². The fourth-order valence-corrected chi connectivity index (χ4v) is 8.22. The number of hydrogen-bond acceptors (Lipinski definition) is 12. The summed E-state index contributed by atoms with van der Waals surface area (Å²) in [6, 6.07) is 7.17. The third-order valence-electron chi connectivity index (χ3n) is 11.8. The monoisotopic (exact) mass is 822 g/mol. The highest BCUT2D eigenvalue weighted by atomic mass is 16.5. The minimum atomic E-state index is -0.900. The lowest BCUT2D eigenvalue weighted by Gasteiger charge is -2.38. The Balaban J connectivity index is 0.000000193. The molecule has 4 amide bonds. The van der Waals surface area contributed by atoms with Gasteiger partial charge >= 0.3 is 23.6 Å². The van der Waals surface area contributed by atoms with Gasteiger partial charge in [-0.25, -0.2) is 19.6 Å². The van der Waals surface area contributed by atoms with Gasteiger partial charge in [-0.2, -0.15) is 5.10 Å². The van der Waals surface area contributed by atoms with Crippen LogP contribution in [-0.2, 0) is 23.9 Å². The Morgan fingerprint density at radius 3 is 1.88 bits per heavy atom. The van der Waals surface area contributed by atoms with E-state index in [1.165, 1.54) is 6.20 Å². The van der Waals surface area contributed by atoms with Gasteiger partial charge in [0, 0.05) is 50.4 Å². The SMILES string of the molecule is C[C@H]1CC[C@H](c2ccnc(OC3CC3)c2)N(C(=O)C(=O)Nc2cnc(N)c3cn(C4CCCCO4)nc23)C1.C[C@H]1CC[C@H](c2ccnc(OC3CC3)c2)N(C(=O)C(N)=O)C1. The third-order valence-corrected chi connectivity index (χ3v) is 11.8. The third kappa shape index (κ3) is 9.61. The summed E-state index contributed by atoms with van der Waals surface area (Å²) in [7, 11) is 0. The number of nitrogens with zero attached hydrogens (tertiary/aromatic N) is 7. The van der Waals surface area contributed by atoms with E-state index in [2.05, 4.69) is 39.2 Å². The van der Waals surface area contributed by atoms with Gasteiger partial charge in [-0.1, -0.05) is 13.8 Å². The summed E-state index contributed by atoms with van der Waals surface area (Å²) < 4.78 is 19.2. The zero-order valence-electron chi connectivity index (χ0n) is 34.2. The van der Waals surface area contributed by atoms with Crippen LogP contribution in [0.2, 0.25) is 0 Å². The van der Waals surface area contributed by atoms with Crippen LogP contribution in [0.1, 0.15) is 114 Å². The number of ether oxygens (including phenoxy) is 3. The van der Waals surface area contributed by atoms with Crippen LogP contribution in [0.4, 0.5) is 11.5 Å². The second-order valence-electron chi connectivity index (χ2n) is 16.9. The number of pyridine rings is 3. The molecule has 2 saturated carbocycles. The predicted octanol–water partition coefficient (Wildman–Crippen LogP) is 4.99. The first-order chi connectivity index (χ1) is 29.0. The van der Waals surface area contributed by atoms with Crippen LogP contribution in [0.5, 0.6) is 11.8 Å². The van der Waals surface area contributed by atoms with Crippen molar-refractivity contribution in [1.29, 1.82) is 0 Å². The molecule has 0 bridgehead atoms. The molecule has 2 aliphatic carbocycles. The first kappa shape index (κ1) is 40.9. The van der Waals surface area contributed by atoms with E-state index in [0.29, 0.717) is 59.8 Å². The number of carbonyl (C=O) groups is 4. The van der Waals surface area contributed by atoms with Gasteiger partial charge in [-0.05, 0) is 106 Å². The highest BCUT2D eigenvalue weighted by Crippen LogP contribution is 2.37. The Hall–Kier alpha value is -5.84. The molecule has 17 heteroatoms. The molecule has 5 N–H and O–H groups in total. The molecule has 7 heterocycles. The number of likely N-dealkylation sites (tertiary alicyclic amines) is 2. The Morgan fingerprint density at radius 1 is 0.767 bits per heavy atom. The Kier molecular flexibility index (Phi) is 12.1. The summed E-state index contributed by atoms with van der Waals surface area (Å²) in [5.41, 5.74) is 14.0. The zero-order chi connectivity index (χ0) is 41.9. The Morgan fingerprint density at radius 2 is 1.35 bits per heavy atom. The first-order valence-corrected chi connectivity index (χ1v) is 21.2. The average molecular weight is 823 g/mol. The molecular formula is C43H54N10O7. The molecule has 4 aromatic rings. The van der Waals surface area contributed by atoms with Crippen molar-refractivity contribution < 1.29 is 33.4 Å². The number of nitrogens with one attached hydrogen (secondary N) is 1. The Labute approximate surface area is 348 Å². The topological polar surface area (TPSA) is 223 Å². The van der Waals surface area contributed by atoms with Gasteiger partial charge in [0.1, 0.15) is 29.8 Å². The molecule has 4 aromatic heterocycles.